The summed E-state index contributed by atoms with van der Waals surface area (Å²) in [7, 11) is 0. The predicted molar refractivity (Wildman–Crippen MR) is 87.3 cm³/mol. The molecule has 1 aromatic carbocycles. The molecule has 0 spiro atoms. The van der Waals surface area contributed by atoms with Crippen molar-refractivity contribution in [2.45, 2.75) is 51.6 Å². The van der Waals surface area contributed by atoms with Crippen molar-refractivity contribution >= 4 is 0 Å². The van der Waals surface area contributed by atoms with E-state index in [-0.39, 0.29) is 6.04 Å². The molecule has 0 saturated carbocycles. The molecule has 21 heavy (non-hydrogen) atoms. The smallest absolute Gasteiger partial charge is 0.0570 e. The summed E-state index contributed by atoms with van der Waals surface area (Å²) in [5, 5.41) is 3.66. The summed E-state index contributed by atoms with van der Waals surface area (Å²) in [6, 6.07) is 13.7. The van der Waals surface area contributed by atoms with Crippen LogP contribution in [0.2, 0.25) is 0 Å². The summed E-state index contributed by atoms with van der Waals surface area (Å²) in [6.07, 6.45) is 7.03. The average molecular weight is 280 g/mol. The Hall–Kier alpha value is -1.67. The van der Waals surface area contributed by atoms with E-state index in [0.717, 1.165) is 5.69 Å². The number of benzene rings is 1. The molecule has 110 valence electrons. The standard InChI is InChI=1S/C19H24N2/c1-14(21-15(2)19-9-5-6-12-20-19)17-11-10-16-7-3-4-8-18(16)13-17/h5-6,9-15,21H,3-4,7-8H2,1-2H3/t14?,15-/m0/s1. The molecule has 3 rings (SSSR count). The number of hydrogen-bond donors (Lipinski definition) is 1. The quantitative estimate of drug-likeness (QED) is 0.899. The molecule has 0 amide bonds. The van der Waals surface area contributed by atoms with Gasteiger partial charge in [0.05, 0.1) is 5.69 Å². The molecular formula is C19H24N2. The number of nitrogens with zero attached hydrogens (tertiary/aromatic N) is 1. The van der Waals surface area contributed by atoms with E-state index in [1.807, 2.05) is 18.3 Å². The van der Waals surface area contributed by atoms with Crippen LogP contribution in [0.25, 0.3) is 0 Å². The molecule has 1 aromatic heterocycles. The van der Waals surface area contributed by atoms with Crippen LogP contribution in [0.4, 0.5) is 0 Å². The first-order chi connectivity index (χ1) is 10.2. The van der Waals surface area contributed by atoms with Crippen LogP contribution < -0.4 is 5.32 Å². The van der Waals surface area contributed by atoms with Gasteiger partial charge in [-0.1, -0.05) is 24.3 Å². The van der Waals surface area contributed by atoms with Gasteiger partial charge in [-0.25, -0.2) is 0 Å². The molecule has 0 fully saturated rings. The zero-order valence-corrected chi connectivity index (χ0v) is 13.0. The maximum absolute atomic E-state index is 4.43. The Labute approximate surface area is 127 Å². The Kier molecular flexibility index (Phi) is 4.35. The van der Waals surface area contributed by atoms with Crippen LogP contribution in [-0.2, 0) is 12.8 Å². The third-order valence-corrected chi connectivity index (χ3v) is 4.50. The summed E-state index contributed by atoms with van der Waals surface area (Å²) < 4.78 is 0. The van der Waals surface area contributed by atoms with Gasteiger partial charge in [-0.3, -0.25) is 4.98 Å². The SMILES string of the molecule is CC(N[C@@H](C)c1ccccn1)c1ccc2c(c1)CCCC2. The number of aryl methyl sites for hydroxylation is 2. The van der Waals surface area contributed by atoms with Gasteiger partial charge in [0.1, 0.15) is 0 Å². The van der Waals surface area contributed by atoms with Gasteiger partial charge in [0.25, 0.3) is 0 Å². The molecule has 1 unspecified atom stereocenters. The average Bonchev–Trinajstić information content (AvgIpc) is 2.55. The van der Waals surface area contributed by atoms with Crippen LogP contribution in [0.5, 0.6) is 0 Å². The highest BCUT2D eigenvalue weighted by molar-refractivity contribution is 5.35. The van der Waals surface area contributed by atoms with Crippen molar-refractivity contribution in [3.8, 4) is 0 Å². The number of pyridine rings is 1. The second kappa shape index (κ2) is 6.40. The summed E-state index contributed by atoms with van der Waals surface area (Å²) >= 11 is 0. The Balaban J connectivity index is 1.72. The van der Waals surface area contributed by atoms with Crippen molar-refractivity contribution in [3.05, 3.63) is 65.0 Å². The van der Waals surface area contributed by atoms with Gasteiger partial charge in [-0.05, 0) is 68.4 Å². The summed E-state index contributed by atoms with van der Waals surface area (Å²) in [4.78, 5) is 4.43. The first-order valence-electron chi connectivity index (χ1n) is 8.03. The van der Waals surface area contributed by atoms with Gasteiger partial charge in [0, 0.05) is 18.3 Å². The summed E-state index contributed by atoms with van der Waals surface area (Å²) in [5.74, 6) is 0. The molecule has 2 heteroatoms. The lowest BCUT2D eigenvalue weighted by Crippen LogP contribution is -2.23. The highest BCUT2D eigenvalue weighted by atomic mass is 15.0. The van der Waals surface area contributed by atoms with Crippen LogP contribution in [0, 0.1) is 0 Å². The molecule has 1 N–H and O–H groups in total. The minimum absolute atomic E-state index is 0.261. The van der Waals surface area contributed by atoms with Crippen LogP contribution in [-0.4, -0.2) is 4.98 Å². The molecule has 2 atom stereocenters. The fraction of sp³-hybridized carbons (Fsp3) is 0.421. The third kappa shape index (κ3) is 3.33. The van der Waals surface area contributed by atoms with Crippen LogP contribution in [0.1, 0.15) is 61.2 Å². The number of rotatable bonds is 4. The molecule has 2 nitrogen and oxygen atoms in total. The molecule has 1 aliphatic carbocycles. The highest BCUT2D eigenvalue weighted by Crippen LogP contribution is 2.25. The monoisotopic (exact) mass is 280 g/mol. The molecule has 0 bridgehead atoms. The lowest BCUT2D eigenvalue weighted by molar-refractivity contribution is 0.485. The first kappa shape index (κ1) is 14.3. The van der Waals surface area contributed by atoms with E-state index in [1.165, 1.54) is 31.2 Å². The topological polar surface area (TPSA) is 24.9 Å². The molecule has 0 aliphatic heterocycles. The fourth-order valence-corrected chi connectivity index (χ4v) is 3.21. The Morgan fingerprint density at radius 3 is 2.52 bits per heavy atom. The molecule has 1 aliphatic rings. The number of aromatic nitrogens is 1. The molecular weight excluding hydrogens is 256 g/mol. The van der Waals surface area contributed by atoms with E-state index in [4.69, 9.17) is 0 Å². The van der Waals surface area contributed by atoms with Gasteiger partial charge in [0.15, 0.2) is 0 Å². The molecule has 1 heterocycles. The third-order valence-electron chi connectivity index (χ3n) is 4.50. The Morgan fingerprint density at radius 1 is 0.952 bits per heavy atom. The van der Waals surface area contributed by atoms with E-state index < -0.39 is 0 Å². The zero-order chi connectivity index (χ0) is 14.7. The van der Waals surface area contributed by atoms with E-state index in [1.54, 1.807) is 11.1 Å². The highest BCUT2D eigenvalue weighted by Gasteiger charge is 2.15. The van der Waals surface area contributed by atoms with Crippen molar-refractivity contribution in [3.63, 3.8) is 0 Å². The van der Waals surface area contributed by atoms with E-state index in [9.17, 15) is 0 Å². The van der Waals surface area contributed by atoms with Crippen molar-refractivity contribution in [2.75, 3.05) is 0 Å². The maximum Gasteiger partial charge on any atom is 0.0570 e. The minimum Gasteiger partial charge on any atom is -0.302 e. The van der Waals surface area contributed by atoms with Crippen LogP contribution in [0.15, 0.2) is 42.6 Å². The Morgan fingerprint density at radius 2 is 1.76 bits per heavy atom. The normalized spacial score (nSPS) is 17.0. The number of nitrogens with one attached hydrogen (secondary N) is 1. The second-order valence-electron chi connectivity index (χ2n) is 6.10. The van der Waals surface area contributed by atoms with E-state index in [0.29, 0.717) is 6.04 Å². The van der Waals surface area contributed by atoms with Crippen molar-refractivity contribution in [2.24, 2.45) is 0 Å². The van der Waals surface area contributed by atoms with Gasteiger partial charge in [0.2, 0.25) is 0 Å². The van der Waals surface area contributed by atoms with Crippen molar-refractivity contribution in [1.82, 2.24) is 10.3 Å². The fourth-order valence-electron chi connectivity index (χ4n) is 3.21. The van der Waals surface area contributed by atoms with Gasteiger partial charge in [-0.15, -0.1) is 0 Å². The second-order valence-corrected chi connectivity index (χ2v) is 6.10. The minimum atomic E-state index is 0.261. The van der Waals surface area contributed by atoms with Crippen molar-refractivity contribution < 1.29 is 0 Å². The van der Waals surface area contributed by atoms with E-state index >= 15 is 0 Å². The lowest BCUT2D eigenvalue weighted by atomic mass is 9.89. The summed E-state index contributed by atoms with van der Waals surface area (Å²) in [6.45, 7) is 4.42. The molecule has 0 radical (unpaired) electrons. The summed E-state index contributed by atoms with van der Waals surface area (Å²) in [5.41, 5.74) is 5.59. The van der Waals surface area contributed by atoms with Crippen molar-refractivity contribution in [1.29, 1.82) is 0 Å². The van der Waals surface area contributed by atoms with Gasteiger partial charge in [-0.2, -0.15) is 0 Å². The predicted octanol–water partition coefficient (Wildman–Crippen LogP) is 4.37. The molecule has 0 saturated heterocycles. The van der Waals surface area contributed by atoms with E-state index in [2.05, 4.69) is 48.4 Å². The number of hydrogen-bond acceptors (Lipinski definition) is 2. The number of fused-ring (bicyclic) bond motifs is 1. The Bertz CT molecular complexity index is 592. The zero-order valence-electron chi connectivity index (χ0n) is 13.0. The maximum atomic E-state index is 4.43. The van der Waals surface area contributed by atoms with Crippen LogP contribution >= 0.6 is 0 Å². The van der Waals surface area contributed by atoms with Crippen LogP contribution in [0.3, 0.4) is 0 Å². The van der Waals surface area contributed by atoms with Gasteiger partial charge < -0.3 is 5.32 Å². The lowest BCUT2D eigenvalue weighted by Gasteiger charge is -2.22. The van der Waals surface area contributed by atoms with Gasteiger partial charge >= 0.3 is 0 Å². The molecule has 2 aromatic rings. The first-order valence-corrected chi connectivity index (χ1v) is 8.03. The largest absolute Gasteiger partial charge is 0.302 e.